The van der Waals surface area contributed by atoms with Crippen LogP contribution in [0.25, 0.3) is 0 Å². The molecule has 0 saturated heterocycles. The molecule has 0 aliphatic carbocycles. The minimum Gasteiger partial charge on any atom is -0.354 e. The minimum atomic E-state index is 0.657. The Morgan fingerprint density at radius 1 is 1.23 bits per heavy atom. The Morgan fingerprint density at radius 2 is 1.85 bits per heavy atom. The molecule has 0 atom stereocenters. The zero-order valence-electron chi connectivity index (χ0n) is 8.90. The van der Waals surface area contributed by atoms with E-state index in [0.29, 0.717) is 6.04 Å². The summed E-state index contributed by atoms with van der Waals surface area (Å²) in [5.74, 6) is 0. The number of aryl methyl sites for hydroxylation is 1. The van der Waals surface area contributed by atoms with Crippen LogP contribution in [0.3, 0.4) is 0 Å². The number of nitrogens with zero attached hydrogens (tertiary/aromatic N) is 2. The van der Waals surface area contributed by atoms with E-state index in [2.05, 4.69) is 54.9 Å². The summed E-state index contributed by atoms with van der Waals surface area (Å²) in [4.78, 5) is 2.38. The third-order valence-electron chi connectivity index (χ3n) is 2.47. The first-order chi connectivity index (χ1) is 6.20. The number of hydrogen-bond acceptors (Lipinski definition) is 1. The molecule has 2 heteroatoms. The van der Waals surface area contributed by atoms with Crippen molar-refractivity contribution in [3.8, 4) is 0 Å². The Bertz CT molecular complexity index is 214. The third-order valence-corrected chi connectivity index (χ3v) is 2.47. The predicted molar refractivity (Wildman–Crippen MR) is 56.8 cm³/mol. The molecule has 0 amide bonds. The number of rotatable bonds is 5. The second-order valence-corrected chi connectivity index (χ2v) is 3.85. The first-order valence-corrected chi connectivity index (χ1v) is 5.01. The van der Waals surface area contributed by atoms with Crippen molar-refractivity contribution in [1.29, 1.82) is 0 Å². The van der Waals surface area contributed by atoms with Crippen LogP contribution in [0.2, 0.25) is 0 Å². The van der Waals surface area contributed by atoms with Crippen molar-refractivity contribution in [3.05, 3.63) is 24.5 Å². The van der Waals surface area contributed by atoms with Crippen LogP contribution in [0.15, 0.2) is 24.5 Å². The molecule has 1 rings (SSSR count). The molecule has 1 aromatic rings. The summed E-state index contributed by atoms with van der Waals surface area (Å²) in [6.07, 6.45) is 5.47. The van der Waals surface area contributed by atoms with E-state index < -0.39 is 0 Å². The topological polar surface area (TPSA) is 8.17 Å². The van der Waals surface area contributed by atoms with Gasteiger partial charge >= 0.3 is 0 Å². The highest BCUT2D eigenvalue weighted by Crippen LogP contribution is 1.98. The average molecular weight is 180 g/mol. The van der Waals surface area contributed by atoms with E-state index >= 15 is 0 Å². The van der Waals surface area contributed by atoms with Gasteiger partial charge in [-0.2, -0.15) is 0 Å². The van der Waals surface area contributed by atoms with Crippen LogP contribution in [-0.2, 0) is 6.54 Å². The van der Waals surface area contributed by atoms with Gasteiger partial charge in [-0.25, -0.2) is 0 Å². The minimum absolute atomic E-state index is 0.657. The van der Waals surface area contributed by atoms with E-state index in [9.17, 15) is 0 Å². The molecule has 0 aliphatic rings. The maximum Gasteiger partial charge on any atom is 0.0231 e. The van der Waals surface area contributed by atoms with Crippen LogP contribution < -0.4 is 0 Å². The van der Waals surface area contributed by atoms with Gasteiger partial charge in [0.1, 0.15) is 0 Å². The zero-order chi connectivity index (χ0) is 9.68. The maximum absolute atomic E-state index is 2.38. The summed E-state index contributed by atoms with van der Waals surface area (Å²) in [7, 11) is 2.18. The van der Waals surface area contributed by atoms with E-state index in [1.54, 1.807) is 0 Å². The Morgan fingerprint density at radius 3 is 2.38 bits per heavy atom. The maximum atomic E-state index is 2.38. The van der Waals surface area contributed by atoms with Crippen LogP contribution >= 0.6 is 0 Å². The Labute approximate surface area is 81.2 Å². The van der Waals surface area contributed by atoms with Crippen molar-refractivity contribution in [2.24, 2.45) is 0 Å². The van der Waals surface area contributed by atoms with E-state index in [4.69, 9.17) is 0 Å². The van der Waals surface area contributed by atoms with Crippen LogP contribution in [0.1, 0.15) is 20.3 Å². The first-order valence-electron chi connectivity index (χ1n) is 5.01. The van der Waals surface area contributed by atoms with E-state index in [1.807, 2.05) is 0 Å². The summed E-state index contributed by atoms with van der Waals surface area (Å²) < 4.78 is 2.23. The van der Waals surface area contributed by atoms with Gasteiger partial charge in [-0.3, -0.25) is 0 Å². The summed E-state index contributed by atoms with van der Waals surface area (Å²) in [5, 5.41) is 0. The Kier molecular flexibility index (Phi) is 4.03. The molecule has 2 nitrogen and oxygen atoms in total. The zero-order valence-corrected chi connectivity index (χ0v) is 8.90. The quantitative estimate of drug-likeness (QED) is 0.674. The molecule has 0 saturated carbocycles. The lowest BCUT2D eigenvalue weighted by Gasteiger charge is -2.20. The van der Waals surface area contributed by atoms with Gasteiger partial charge in [0.05, 0.1) is 0 Å². The molecule has 0 unspecified atom stereocenters. The second kappa shape index (κ2) is 5.07. The van der Waals surface area contributed by atoms with Crippen LogP contribution in [0.5, 0.6) is 0 Å². The molecule has 0 N–H and O–H groups in total. The van der Waals surface area contributed by atoms with Crippen molar-refractivity contribution in [1.82, 2.24) is 9.47 Å². The smallest absolute Gasteiger partial charge is 0.0231 e. The molecular formula is C11H20N2. The molecule has 13 heavy (non-hydrogen) atoms. The summed E-state index contributed by atoms with van der Waals surface area (Å²) in [6, 6.07) is 4.81. The van der Waals surface area contributed by atoms with Gasteiger partial charge in [-0.15, -0.1) is 0 Å². The fourth-order valence-corrected chi connectivity index (χ4v) is 1.28. The fourth-order valence-electron chi connectivity index (χ4n) is 1.28. The Hall–Kier alpha value is -0.760. The summed E-state index contributed by atoms with van der Waals surface area (Å²) >= 11 is 0. The predicted octanol–water partition coefficient (Wildman–Crippen LogP) is 2.22. The molecule has 0 aromatic carbocycles. The molecule has 0 aliphatic heterocycles. The van der Waals surface area contributed by atoms with Gasteiger partial charge in [0.15, 0.2) is 0 Å². The normalized spacial score (nSPS) is 11.5. The Balaban J connectivity index is 2.14. The van der Waals surface area contributed by atoms with Gasteiger partial charge in [-0.05, 0) is 46.0 Å². The lowest BCUT2D eigenvalue weighted by Crippen LogP contribution is -2.27. The van der Waals surface area contributed by atoms with Crippen molar-refractivity contribution in [2.75, 3.05) is 13.6 Å². The summed E-state index contributed by atoms with van der Waals surface area (Å²) in [5.41, 5.74) is 0. The largest absolute Gasteiger partial charge is 0.354 e. The lowest BCUT2D eigenvalue weighted by molar-refractivity contribution is 0.265. The van der Waals surface area contributed by atoms with E-state index in [0.717, 1.165) is 6.54 Å². The van der Waals surface area contributed by atoms with E-state index in [-0.39, 0.29) is 0 Å². The molecule has 1 aromatic heterocycles. The standard InChI is InChI=1S/C11H20N2/c1-11(2)12(3)7-6-10-13-8-4-5-9-13/h4-5,8-9,11H,6-7,10H2,1-3H3. The van der Waals surface area contributed by atoms with Gasteiger partial charge in [0, 0.05) is 25.0 Å². The van der Waals surface area contributed by atoms with E-state index in [1.165, 1.54) is 13.0 Å². The molecular weight excluding hydrogens is 160 g/mol. The van der Waals surface area contributed by atoms with Gasteiger partial charge < -0.3 is 9.47 Å². The van der Waals surface area contributed by atoms with Crippen molar-refractivity contribution in [2.45, 2.75) is 32.9 Å². The monoisotopic (exact) mass is 180 g/mol. The van der Waals surface area contributed by atoms with Gasteiger partial charge in [0.2, 0.25) is 0 Å². The highest BCUT2D eigenvalue weighted by atomic mass is 15.1. The number of hydrogen-bond donors (Lipinski definition) is 0. The molecule has 0 fully saturated rings. The van der Waals surface area contributed by atoms with Gasteiger partial charge in [0.25, 0.3) is 0 Å². The third kappa shape index (κ3) is 3.64. The summed E-state index contributed by atoms with van der Waals surface area (Å²) in [6.45, 7) is 6.77. The molecule has 74 valence electrons. The van der Waals surface area contributed by atoms with Crippen LogP contribution in [0, 0.1) is 0 Å². The highest BCUT2D eigenvalue weighted by Gasteiger charge is 2.01. The lowest BCUT2D eigenvalue weighted by atomic mass is 10.3. The van der Waals surface area contributed by atoms with Crippen molar-refractivity contribution >= 4 is 0 Å². The fraction of sp³-hybridized carbons (Fsp3) is 0.636. The van der Waals surface area contributed by atoms with Gasteiger partial charge in [-0.1, -0.05) is 0 Å². The van der Waals surface area contributed by atoms with Crippen molar-refractivity contribution < 1.29 is 0 Å². The molecule has 0 bridgehead atoms. The molecule has 0 spiro atoms. The second-order valence-electron chi connectivity index (χ2n) is 3.85. The number of aromatic nitrogens is 1. The highest BCUT2D eigenvalue weighted by molar-refractivity contribution is 4.90. The SMILES string of the molecule is CC(C)N(C)CCCn1cccc1. The average Bonchev–Trinajstić information content (AvgIpc) is 2.56. The van der Waals surface area contributed by atoms with Crippen molar-refractivity contribution in [3.63, 3.8) is 0 Å². The van der Waals surface area contributed by atoms with Crippen LogP contribution in [0.4, 0.5) is 0 Å². The van der Waals surface area contributed by atoms with Crippen LogP contribution in [-0.4, -0.2) is 29.1 Å². The molecule has 1 heterocycles. The molecule has 0 radical (unpaired) electrons. The first kappa shape index (κ1) is 10.3.